The second kappa shape index (κ2) is 6.45. The van der Waals surface area contributed by atoms with Crippen LogP contribution in [0.5, 0.6) is 0 Å². The quantitative estimate of drug-likeness (QED) is 0.859. The Morgan fingerprint density at radius 2 is 2.04 bits per heavy atom. The number of nitrogens with zero attached hydrogens (tertiary/aromatic N) is 2. The molecule has 0 unspecified atom stereocenters. The number of amides is 1. The summed E-state index contributed by atoms with van der Waals surface area (Å²) in [6, 6.07) is 7.42. The zero-order chi connectivity index (χ0) is 16.6. The van der Waals surface area contributed by atoms with Gasteiger partial charge in [-0.15, -0.1) is 0 Å². The lowest BCUT2D eigenvalue weighted by Crippen LogP contribution is -2.56. The second-order valence-corrected chi connectivity index (χ2v) is 7.57. The van der Waals surface area contributed by atoms with Gasteiger partial charge in [-0.3, -0.25) is 9.69 Å². The maximum atomic E-state index is 13.9. The summed E-state index contributed by atoms with van der Waals surface area (Å²) in [6.45, 7) is 4.71. The molecule has 4 nitrogen and oxygen atoms in total. The van der Waals surface area contributed by atoms with Gasteiger partial charge in [0.1, 0.15) is 5.82 Å². The summed E-state index contributed by atoms with van der Waals surface area (Å²) in [5.74, 6) is 0.335. The molecule has 130 valence electrons. The molecule has 2 heterocycles. The normalized spacial score (nSPS) is 25.6. The Kier molecular flexibility index (Phi) is 4.31. The molecule has 0 bridgehead atoms. The molecule has 1 spiro atoms. The van der Waals surface area contributed by atoms with Crippen LogP contribution < -0.4 is 5.32 Å². The van der Waals surface area contributed by atoms with Crippen LogP contribution in [0.15, 0.2) is 24.3 Å². The first-order chi connectivity index (χ1) is 11.7. The lowest BCUT2D eigenvalue weighted by molar-refractivity contribution is -0.119. The van der Waals surface area contributed by atoms with Crippen molar-refractivity contribution in [3.63, 3.8) is 0 Å². The first kappa shape index (κ1) is 16.0. The van der Waals surface area contributed by atoms with Crippen molar-refractivity contribution in [3.05, 3.63) is 35.6 Å². The minimum atomic E-state index is -0.150. The average molecular weight is 331 g/mol. The van der Waals surface area contributed by atoms with E-state index in [-0.39, 0.29) is 17.4 Å². The van der Waals surface area contributed by atoms with E-state index >= 15 is 0 Å². The molecular formula is C19H26FN3O. The molecule has 24 heavy (non-hydrogen) atoms. The lowest BCUT2D eigenvalue weighted by atomic mass is 9.83. The Hall–Kier alpha value is -1.46. The number of rotatable bonds is 4. The van der Waals surface area contributed by atoms with Gasteiger partial charge < -0.3 is 10.2 Å². The number of carbonyl (C=O) groups is 1. The van der Waals surface area contributed by atoms with Crippen molar-refractivity contribution in [2.24, 2.45) is 5.92 Å². The van der Waals surface area contributed by atoms with E-state index in [9.17, 15) is 9.18 Å². The highest BCUT2D eigenvalue weighted by Crippen LogP contribution is 2.49. The summed E-state index contributed by atoms with van der Waals surface area (Å²) in [5, 5.41) is 3.53. The van der Waals surface area contributed by atoms with Crippen molar-refractivity contribution >= 4 is 6.41 Å². The van der Waals surface area contributed by atoms with Crippen LogP contribution in [-0.2, 0) is 4.79 Å². The van der Waals surface area contributed by atoms with E-state index in [4.69, 9.17) is 0 Å². The molecule has 3 fully saturated rings. The van der Waals surface area contributed by atoms with Gasteiger partial charge in [-0.1, -0.05) is 12.1 Å². The van der Waals surface area contributed by atoms with Crippen molar-refractivity contribution in [3.8, 4) is 0 Å². The summed E-state index contributed by atoms with van der Waals surface area (Å²) in [4.78, 5) is 15.5. The molecule has 1 aromatic carbocycles. The molecule has 2 saturated heterocycles. The van der Waals surface area contributed by atoms with Gasteiger partial charge in [0.25, 0.3) is 0 Å². The SMILES string of the molecule is O=CN1CCC([C@H](c2cccc(F)c2)N2CCNCC23CC3)CC1. The first-order valence-electron chi connectivity index (χ1n) is 9.14. The summed E-state index contributed by atoms with van der Waals surface area (Å²) in [6.07, 6.45) is 5.43. The number of piperazine rings is 1. The van der Waals surface area contributed by atoms with E-state index in [0.717, 1.165) is 57.5 Å². The van der Waals surface area contributed by atoms with Crippen LogP contribution in [-0.4, -0.2) is 54.5 Å². The zero-order valence-corrected chi connectivity index (χ0v) is 14.1. The Morgan fingerprint density at radius 1 is 1.25 bits per heavy atom. The fraction of sp³-hybridized carbons (Fsp3) is 0.632. The van der Waals surface area contributed by atoms with Crippen LogP contribution >= 0.6 is 0 Å². The smallest absolute Gasteiger partial charge is 0.209 e. The topological polar surface area (TPSA) is 35.6 Å². The third-order valence-electron chi connectivity index (χ3n) is 6.12. The molecule has 3 aliphatic rings. The van der Waals surface area contributed by atoms with Gasteiger partial charge in [-0.25, -0.2) is 4.39 Å². The standard InChI is InChI=1S/C19H26FN3O/c20-17-3-1-2-16(12-17)18(15-4-9-22(14-24)10-5-15)23-11-8-21-13-19(23)6-7-19/h1-3,12,14-15,18,21H,4-11,13H2/t18-/m1/s1. The fourth-order valence-corrected chi connectivity index (χ4v) is 4.64. The number of likely N-dealkylation sites (tertiary alicyclic amines) is 1. The van der Waals surface area contributed by atoms with Gasteiger partial charge in [0.2, 0.25) is 6.41 Å². The summed E-state index contributed by atoms with van der Waals surface area (Å²) < 4.78 is 13.9. The highest BCUT2D eigenvalue weighted by molar-refractivity contribution is 5.47. The van der Waals surface area contributed by atoms with Crippen molar-refractivity contribution in [2.75, 3.05) is 32.7 Å². The third kappa shape index (κ3) is 2.95. The molecule has 1 N–H and O–H groups in total. The van der Waals surface area contributed by atoms with Gasteiger partial charge in [0.15, 0.2) is 0 Å². The zero-order valence-electron chi connectivity index (χ0n) is 14.1. The number of piperidine rings is 1. The predicted molar refractivity (Wildman–Crippen MR) is 91.0 cm³/mol. The minimum Gasteiger partial charge on any atom is -0.345 e. The first-order valence-corrected chi connectivity index (χ1v) is 9.14. The molecule has 2 aliphatic heterocycles. The van der Waals surface area contributed by atoms with E-state index in [1.807, 2.05) is 11.0 Å². The number of hydrogen-bond acceptors (Lipinski definition) is 3. The van der Waals surface area contributed by atoms with Crippen molar-refractivity contribution in [1.29, 1.82) is 0 Å². The monoisotopic (exact) mass is 331 g/mol. The van der Waals surface area contributed by atoms with Crippen LogP contribution in [0.1, 0.15) is 37.3 Å². The number of hydrogen-bond donors (Lipinski definition) is 1. The lowest BCUT2D eigenvalue weighted by Gasteiger charge is -2.47. The van der Waals surface area contributed by atoms with E-state index < -0.39 is 0 Å². The molecular weight excluding hydrogens is 305 g/mol. The Bertz CT molecular complexity index is 596. The molecule has 5 heteroatoms. The predicted octanol–water partition coefficient (Wildman–Crippen LogP) is 2.17. The van der Waals surface area contributed by atoms with Gasteiger partial charge in [0.05, 0.1) is 0 Å². The van der Waals surface area contributed by atoms with Crippen molar-refractivity contribution in [2.45, 2.75) is 37.3 Å². The van der Waals surface area contributed by atoms with Crippen molar-refractivity contribution in [1.82, 2.24) is 15.1 Å². The molecule has 1 atom stereocenters. The van der Waals surface area contributed by atoms with Crippen LogP contribution in [0.25, 0.3) is 0 Å². The second-order valence-electron chi connectivity index (χ2n) is 7.57. The number of nitrogens with one attached hydrogen (secondary N) is 1. The van der Waals surface area contributed by atoms with E-state index in [2.05, 4.69) is 16.3 Å². The molecule has 4 rings (SSSR count). The number of carbonyl (C=O) groups excluding carboxylic acids is 1. The van der Waals surface area contributed by atoms with Gasteiger partial charge in [0, 0.05) is 44.3 Å². The Morgan fingerprint density at radius 3 is 2.71 bits per heavy atom. The summed E-state index contributed by atoms with van der Waals surface area (Å²) >= 11 is 0. The van der Waals surface area contributed by atoms with E-state index in [1.54, 1.807) is 6.07 Å². The fourth-order valence-electron chi connectivity index (χ4n) is 4.64. The molecule has 1 saturated carbocycles. The number of benzene rings is 1. The van der Waals surface area contributed by atoms with E-state index in [0.29, 0.717) is 5.92 Å². The maximum Gasteiger partial charge on any atom is 0.209 e. The highest BCUT2D eigenvalue weighted by atomic mass is 19.1. The maximum absolute atomic E-state index is 13.9. The van der Waals surface area contributed by atoms with Crippen LogP contribution in [0, 0.1) is 11.7 Å². The highest BCUT2D eigenvalue weighted by Gasteiger charge is 2.52. The molecule has 1 amide bonds. The van der Waals surface area contributed by atoms with Crippen LogP contribution in [0.2, 0.25) is 0 Å². The van der Waals surface area contributed by atoms with Gasteiger partial charge in [-0.2, -0.15) is 0 Å². The summed E-state index contributed by atoms with van der Waals surface area (Å²) in [5.41, 5.74) is 1.38. The third-order valence-corrected chi connectivity index (χ3v) is 6.12. The van der Waals surface area contributed by atoms with Gasteiger partial charge >= 0.3 is 0 Å². The Labute approximate surface area is 143 Å². The Balaban J connectivity index is 1.63. The average Bonchev–Trinajstić information content (AvgIpc) is 3.38. The van der Waals surface area contributed by atoms with Gasteiger partial charge in [-0.05, 0) is 49.3 Å². The molecule has 0 aromatic heterocycles. The largest absolute Gasteiger partial charge is 0.345 e. The molecule has 0 radical (unpaired) electrons. The van der Waals surface area contributed by atoms with Crippen molar-refractivity contribution < 1.29 is 9.18 Å². The minimum absolute atomic E-state index is 0.150. The molecule has 1 aromatic rings. The van der Waals surface area contributed by atoms with Crippen LogP contribution in [0.4, 0.5) is 4.39 Å². The van der Waals surface area contributed by atoms with Crippen LogP contribution in [0.3, 0.4) is 0 Å². The number of halogens is 1. The molecule has 1 aliphatic carbocycles. The summed E-state index contributed by atoms with van der Waals surface area (Å²) in [7, 11) is 0. The van der Waals surface area contributed by atoms with E-state index in [1.165, 1.54) is 18.9 Å².